The number of rotatable bonds is 4. The molecular weight excluding hydrogens is 323 g/mol. The number of carbonyl (C=O) groups excluding carboxylic acids is 1. The number of halogens is 3. The van der Waals surface area contributed by atoms with E-state index in [4.69, 9.17) is 9.15 Å². The van der Waals surface area contributed by atoms with Crippen LogP contribution in [-0.2, 0) is 6.18 Å². The molecule has 122 valence electrons. The average Bonchev–Trinajstić information content (AvgIpc) is 3.04. The Balaban J connectivity index is 1.78. The maximum absolute atomic E-state index is 12.6. The van der Waals surface area contributed by atoms with Crippen LogP contribution in [0.3, 0.4) is 0 Å². The van der Waals surface area contributed by atoms with Crippen LogP contribution in [0.2, 0.25) is 0 Å². The molecule has 24 heavy (non-hydrogen) atoms. The van der Waals surface area contributed by atoms with Crippen molar-refractivity contribution >= 4 is 6.29 Å². The highest BCUT2D eigenvalue weighted by Gasteiger charge is 2.32. The zero-order chi connectivity index (χ0) is 17.2. The Morgan fingerprint density at radius 1 is 1.00 bits per heavy atom. The molecule has 0 spiro atoms. The van der Waals surface area contributed by atoms with E-state index >= 15 is 0 Å². The highest BCUT2D eigenvalue weighted by molar-refractivity contribution is 5.72. The van der Waals surface area contributed by atoms with E-state index in [2.05, 4.69) is 4.98 Å². The normalized spacial score (nSPS) is 11.3. The number of ether oxygens (including phenoxy) is 1. The molecule has 7 heteroatoms. The number of carbonyl (C=O) groups is 1. The summed E-state index contributed by atoms with van der Waals surface area (Å²) in [6.45, 7) is 0. The summed E-state index contributed by atoms with van der Waals surface area (Å²) in [4.78, 5) is 14.0. The van der Waals surface area contributed by atoms with E-state index in [-0.39, 0.29) is 11.6 Å². The van der Waals surface area contributed by atoms with Gasteiger partial charge in [-0.15, -0.1) is 0 Å². The van der Waals surface area contributed by atoms with Crippen molar-refractivity contribution < 1.29 is 27.1 Å². The maximum Gasteiger partial charge on any atom is 0.433 e. The molecule has 0 atom stereocenters. The highest BCUT2D eigenvalue weighted by atomic mass is 19.4. The summed E-state index contributed by atoms with van der Waals surface area (Å²) in [5.74, 6) is 0.880. The Morgan fingerprint density at radius 3 is 2.38 bits per heavy atom. The number of furan rings is 1. The SMILES string of the molecule is O=Cc1ccc(-c2ccc(Oc3cccc(C(F)(F)F)n3)cc2)o1. The van der Waals surface area contributed by atoms with Gasteiger partial charge >= 0.3 is 6.18 Å². The Kier molecular flexibility index (Phi) is 4.07. The molecule has 1 aromatic carbocycles. The number of aldehydes is 1. The van der Waals surface area contributed by atoms with Gasteiger partial charge in [0.15, 0.2) is 12.0 Å². The van der Waals surface area contributed by atoms with Gasteiger partial charge in [-0.1, -0.05) is 6.07 Å². The summed E-state index contributed by atoms with van der Waals surface area (Å²) in [5.41, 5.74) is -0.318. The zero-order valence-corrected chi connectivity index (χ0v) is 12.1. The molecule has 2 aromatic heterocycles. The molecule has 0 aliphatic rings. The van der Waals surface area contributed by atoms with E-state index in [9.17, 15) is 18.0 Å². The van der Waals surface area contributed by atoms with Crippen molar-refractivity contribution in [3.05, 3.63) is 66.1 Å². The number of hydrogen-bond acceptors (Lipinski definition) is 4. The third-order valence-corrected chi connectivity index (χ3v) is 3.12. The van der Waals surface area contributed by atoms with Gasteiger partial charge in [-0.2, -0.15) is 13.2 Å². The molecule has 0 amide bonds. The fourth-order valence-corrected chi connectivity index (χ4v) is 2.01. The molecule has 0 bridgehead atoms. The molecule has 0 radical (unpaired) electrons. The van der Waals surface area contributed by atoms with Crippen LogP contribution in [0.4, 0.5) is 13.2 Å². The average molecular weight is 333 g/mol. The third-order valence-electron chi connectivity index (χ3n) is 3.12. The Hall–Kier alpha value is -3.09. The van der Waals surface area contributed by atoms with Crippen molar-refractivity contribution in [3.63, 3.8) is 0 Å². The first-order valence-corrected chi connectivity index (χ1v) is 6.83. The van der Waals surface area contributed by atoms with Crippen LogP contribution in [0.1, 0.15) is 16.2 Å². The van der Waals surface area contributed by atoms with E-state index in [1.165, 1.54) is 12.1 Å². The number of alkyl halides is 3. The number of hydrogen-bond donors (Lipinski definition) is 0. The van der Waals surface area contributed by atoms with Crippen LogP contribution in [0.5, 0.6) is 11.6 Å². The predicted molar refractivity (Wildman–Crippen MR) is 78.8 cm³/mol. The van der Waals surface area contributed by atoms with Crippen LogP contribution in [0, 0.1) is 0 Å². The Bertz CT molecular complexity index is 854. The van der Waals surface area contributed by atoms with Crippen molar-refractivity contribution in [1.82, 2.24) is 4.98 Å². The number of pyridine rings is 1. The molecule has 0 unspecified atom stereocenters. The van der Waals surface area contributed by atoms with E-state index < -0.39 is 11.9 Å². The molecule has 0 saturated heterocycles. The zero-order valence-electron chi connectivity index (χ0n) is 12.1. The second-order valence-electron chi connectivity index (χ2n) is 4.81. The van der Waals surface area contributed by atoms with Crippen LogP contribution < -0.4 is 4.74 Å². The van der Waals surface area contributed by atoms with Gasteiger partial charge in [0.25, 0.3) is 0 Å². The van der Waals surface area contributed by atoms with Gasteiger partial charge in [-0.3, -0.25) is 4.79 Å². The quantitative estimate of drug-likeness (QED) is 0.633. The molecule has 3 aromatic rings. The fraction of sp³-hybridized carbons (Fsp3) is 0.0588. The van der Waals surface area contributed by atoms with Gasteiger partial charge in [0.2, 0.25) is 5.88 Å². The van der Waals surface area contributed by atoms with Crippen molar-refractivity contribution in [3.8, 4) is 23.0 Å². The topological polar surface area (TPSA) is 52.3 Å². The molecule has 2 heterocycles. The first kappa shape index (κ1) is 15.8. The summed E-state index contributed by atoms with van der Waals surface area (Å²) in [6.07, 6.45) is -3.93. The fourth-order valence-electron chi connectivity index (χ4n) is 2.01. The van der Waals surface area contributed by atoms with Crippen molar-refractivity contribution in [2.24, 2.45) is 0 Å². The van der Waals surface area contributed by atoms with Gasteiger partial charge in [-0.25, -0.2) is 4.98 Å². The van der Waals surface area contributed by atoms with E-state index in [0.29, 0.717) is 23.4 Å². The van der Waals surface area contributed by atoms with Crippen LogP contribution in [0.15, 0.2) is 59.0 Å². The largest absolute Gasteiger partial charge is 0.453 e. The van der Waals surface area contributed by atoms with Crippen molar-refractivity contribution in [2.75, 3.05) is 0 Å². The van der Waals surface area contributed by atoms with Gasteiger partial charge in [0, 0.05) is 11.6 Å². The van der Waals surface area contributed by atoms with Gasteiger partial charge in [-0.05, 0) is 42.5 Å². The lowest BCUT2D eigenvalue weighted by Gasteiger charge is -2.09. The van der Waals surface area contributed by atoms with Gasteiger partial charge < -0.3 is 9.15 Å². The number of benzene rings is 1. The number of aromatic nitrogens is 1. The molecule has 0 saturated carbocycles. The summed E-state index contributed by atoms with van der Waals surface area (Å²) in [5, 5.41) is 0. The monoisotopic (exact) mass is 333 g/mol. The van der Waals surface area contributed by atoms with E-state index in [1.54, 1.807) is 36.4 Å². The maximum atomic E-state index is 12.6. The van der Waals surface area contributed by atoms with Crippen LogP contribution in [-0.4, -0.2) is 11.3 Å². The van der Waals surface area contributed by atoms with Crippen LogP contribution in [0.25, 0.3) is 11.3 Å². The Labute approximate surface area is 134 Å². The lowest BCUT2D eigenvalue weighted by molar-refractivity contribution is -0.141. The lowest BCUT2D eigenvalue weighted by Crippen LogP contribution is -2.07. The minimum Gasteiger partial charge on any atom is -0.453 e. The minimum atomic E-state index is -4.53. The van der Waals surface area contributed by atoms with Gasteiger partial charge in [0.1, 0.15) is 17.2 Å². The first-order valence-electron chi connectivity index (χ1n) is 6.83. The Morgan fingerprint density at radius 2 is 1.75 bits per heavy atom. The number of nitrogens with zero attached hydrogens (tertiary/aromatic N) is 1. The van der Waals surface area contributed by atoms with E-state index in [0.717, 1.165) is 6.07 Å². The summed E-state index contributed by atoms with van der Waals surface area (Å²) in [6, 6.07) is 13.1. The standard InChI is InChI=1S/C17H10F3NO3/c18-17(19,20)15-2-1-3-16(21-15)24-12-6-4-11(5-7-12)14-9-8-13(10-22)23-14/h1-10H. The molecule has 0 aliphatic carbocycles. The molecule has 0 N–H and O–H groups in total. The molecule has 0 fully saturated rings. The van der Waals surface area contributed by atoms with Gasteiger partial charge in [0.05, 0.1) is 0 Å². The summed E-state index contributed by atoms with van der Waals surface area (Å²) < 4.78 is 48.5. The predicted octanol–water partition coefficient (Wildman–Crippen LogP) is 4.97. The van der Waals surface area contributed by atoms with Crippen molar-refractivity contribution in [1.29, 1.82) is 0 Å². The second-order valence-corrected chi connectivity index (χ2v) is 4.81. The lowest BCUT2D eigenvalue weighted by atomic mass is 10.2. The summed E-state index contributed by atoms with van der Waals surface area (Å²) in [7, 11) is 0. The van der Waals surface area contributed by atoms with Crippen LogP contribution >= 0.6 is 0 Å². The van der Waals surface area contributed by atoms with Crippen molar-refractivity contribution in [2.45, 2.75) is 6.18 Å². The van der Waals surface area contributed by atoms with E-state index in [1.807, 2.05) is 0 Å². The molecule has 3 rings (SSSR count). The third kappa shape index (κ3) is 3.45. The minimum absolute atomic E-state index is 0.154. The first-order chi connectivity index (χ1) is 11.5. The highest BCUT2D eigenvalue weighted by Crippen LogP contribution is 2.30. The molecule has 4 nitrogen and oxygen atoms in total. The molecule has 0 aliphatic heterocycles. The smallest absolute Gasteiger partial charge is 0.433 e. The summed E-state index contributed by atoms with van der Waals surface area (Å²) >= 11 is 0. The second kappa shape index (κ2) is 6.19. The molecular formula is C17H10F3NO3.